The molecule has 2 aromatic heterocycles. The monoisotopic (exact) mass is 328 g/mol. The molecule has 1 aromatic carbocycles. The van der Waals surface area contributed by atoms with Crippen LogP contribution >= 0.6 is 11.3 Å². The molecule has 4 rings (SSSR count). The molecule has 0 aliphatic carbocycles. The summed E-state index contributed by atoms with van der Waals surface area (Å²) in [4.78, 5) is 14.1. The van der Waals surface area contributed by atoms with Crippen LogP contribution in [-0.4, -0.2) is 12.6 Å². The molecule has 4 nitrogen and oxygen atoms in total. The van der Waals surface area contributed by atoms with Crippen LogP contribution in [0.25, 0.3) is 11.0 Å². The molecule has 23 heavy (non-hydrogen) atoms. The number of carbonyl (C=O) groups excluding carboxylic acids is 1. The Bertz CT molecular complexity index is 851. The highest BCUT2D eigenvalue weighted by atomic mass is 32.1. The number of furan rings is 1. The van der Waals surface area contributed by atoms with Crippen LogP contribution in [-0.2, 0) is 29.1 Å². The lowest BCUT2D eigenvalue weighted by molar-refractivity contribution is 0.0452. The van der Waals surface area contributed by atoms with Crippen LogP contribution in [0.15, 0.2) is 34.7 Å². The molecule has 0 unspecified atom stereocenters. The highest BCUT2D eigenvalue weighted by Gasteiger charge is 2.19. The van der Waals surface area contributed by atoms with Crippen LogP contribution in [0.4, 0.5) is 0 Å². The summed E-state index contributed by atoms with van der Waals surface area (Å²) in [7, 11) is 0. The Hall–Kier alpha value is -2.11. The van der Waals surface area contributed by atoms with Gasteiger partial charge in [0, 0.05) is 22.2 Å². The average molecular weight is 328 g/mol. The smallest absolute Gasteiger partial charge is 0.348 e. The van der Waals surface area contributed by atoms with Gasteiger partial charge in [-0.3, -0.25) is 0 Å². The molecule has 118 valence electrons. The lowest BCUT2D eigenvalue weighted by Gasteiger charge is -2.10. The number of hydrogen-bond acceptors (Lipinski definition) is 5. The number of fused-ring (bicyclic) bond motifs is 2. The molecule has 0 bridgehead atoms. The molecule has 0 amide bonds. The lowest BCUT2D eigenvalue weighted by atomic mass is 10.1. The summed E-state index contributed by atoms with van der Waals surface area (Å²) < 4.78 is 16.6. The molecular weight excluding hydrogens is 312 g/mol. The van der Waals surface area contributed by atoms with Crippen molar-refractivity contribution in [2.24, 2.45) is 0 Å². The number of benzene rings is 1. The normalized spacial score (nSPS) is 14.0. The highest BCUT2D eigenvalue weighted by Crippen LogP contribution is 2.29. The number of carbonyl (C=O) groups is 1. The van der Waals surface area contributed by atoms with Crippen LogP contribution in [0.3, 0.4) is 0 Å². The highest BCUT2D eigenvalue weighted by molar-refractivity contribution is 7.14. The summed E-state index contributed by atoms with van der Waals surface area (Å²) in [6.07, 6.45) is 0.871. The van der Waals surface area contributed by atoms with Crippen molar-refractivity contribution in [1.29, 1.82) is 0 Å². The maximum Gasteiger partial charge on any atom is 0.348 e. The molecular formula is C18H16O4S. The van der Waals surface area contributed by atoms with Crippen molar-refractivity contribution in [2.75, 3.05) is 6.61 Å². The van der Waals surface area contributed by atoms with Crippen LogP contribution in [0, 0.1) is 6.92 Å². The van der Waals surface area contributed by atoms with Gasteiger partial charge < -0.3 is 13.9 Å². The zero-order valence-electron chi connectivity index (χ0n) is 12.8. The van der Waals surface area contributed by atoms with Crippen molar-refractivity contribution in [3.8, 4) is 0 Å². The Labute approximate surface area is 137 Å². The van der Waals surface area contributed by atoms with Gasteiger partial charge in [-0.25, -0.2) is 4.79 Å². The second-order valence-electron chi connectivity index (χ2n) is 5.58. The van der Waals surface area contributed by atoms with E-state index in [1.54, 1.807) is 0 Å². The van der Waals surface area contributed by atoms with Gasteiger partial charge in [0.2, 0.25) is 0 Å². The van der Waals surface area contributed by atoms with E-state index in [1.807, 2.05) is 37.3 Å². The largest absolute Gasteiger partial charge is 0.457 e. The standard InChI is InChI=1S/C18H16O4S/c1-11-13-4-2-3-5-14(13)22-15(11)10-21-18(19)17-8-12-9-20-7-6-16(12)23-17/h2-5,8H,6-7,9-10H2,1H3. The maximum atomic E-state index is 12.3. The van der Waals surface area contributed by atoms with Gasteiger partial charge in [-0.05, 0) is 24.6 Å². The predicted octanol–water partition coefficient (Wildman–Crippen LogP) is 4.23. The van der Waals surface area contributed by atoms with Gasteiger partial charge in [-0.1, -0.05) is 18.2 Å². The number of para-hydroxylation sites is 1. The molecule has 3 heterocycles. The minimum Gasteiger partial charge on any atom is -0.457 e. The van der Waals surface area contributed by atoms with Gasteiger partial charge in [0.05, 0.1) is 13.2 Å². The summed E-state index contributed by atoms with van der Waals surface area (Å²) in [5.74, 6) is 0.397. The topological polar surface area (TPSA) is 48.7 Å². The second kappa shape index (κ2) is 5.83. The zero-order valence-corrected chi connectivity index (χ0v) is 13.6. The molecule has 1 aliphatic heterocycles. The number of aryl methyl sites for hydroxylation is 1. The van der Waals surface area contributed by atoms with E-state index in [9.17, 15) is 4.79 Å². The van der Waals surface area contributed by atoms with Crippen molar-refractivity contribution in [3.63, 3.8) is 0 Å². The third-order valence-electron chi connectivity index (χ3n) is 4.11. The number of esters is 1. The van der Waals surface area contributed by atoms with Gasteiger partial charge in [-0.15, -0.1) is 11.3 Å². The van der Waals surface area contributed by atoms with Crippen LogP contribution in [0.5, 0.6) is 0 Å². The molecule has 0 atom stereocenters. The number of ether oxygens (including phenoxy) is 2. The average Bonchev–Trinajstić information content (AvgIpc) is 3.15. The quantitative estimate of drug-likeness (QED) is 0.675. The Kier molecular flexibility index (Phi) is 3.67. The summed E-state index contributed by atoms with van der Waals surface area (Å²) in [6.45, 7) is 3.44. The minimum absolute atomic E-state index is 0.151. The van der Waals surface area contributed by atoms with Crippen LogP contribution < -0.4 is 0 Å². The van der Waals surface area contributed by atoms with Crippen molar-refractivity contribution in [3.05, 3.63) is 57.0 Å². The molecule has 0 spiro atoms. The van der Waals surface area contributed by atoms with E-state index in [1.165, 1.54) is 16.2 Å². The Morgan fingerprint density at radius 2 is 2.22 bits per heavy atom. The Balaban J connectivity index is 1.50. The predicted molar refractivity (Wildman–Crippen MR) is 87.7 cm³/mol. The molecule has 1 aliphatic rings. The molecule has 0 saturated carbocycles. The van der Waals surface area contributed by atoms with Gasteiger partial charge >= 0.3 is 5.97 Å². The molecule has 3 aromatic rings. The first-order chi connectivity index (χ1) is 11.2. The van der Waals surface area contributed by atoms with Crippen molar-refractivity contribution >= 4 is 28.3 Å². The summed E-state index contributed by atoms with van der Waals surface area (Å²) in [5, 5.41) is 1.06. The van der Waals surface area contributed by atoms with Crippen molar-refractivity contribution < 1.29 is 18.7 Å². The molecule has 5 heteroatoms. The maximum absolute atomic E-state index is 12.3. The van der Waals surface area contributed by atoms with Gasteiger partial charge in [0.15, 0.2) is 0 Å². The number of rotatable bonds is 3. The van der Waals surface area contributed by atoms with Gasteiger partial charge in [-0.2, -0.15) is 0 Å². The van der Waals surface area contributed by atoms with Crippen molar-refractivity contribution in [2.45, 2.75) is 26.6 Å². The molecule has 0 saturated heterocycles. The van der Waals surface area contributed by atoms with Crippen LogP contribution in [0.2, 0.25) is 0 Å². The van der Waals surface area contributed by atoms with E-state index >= 15 is 0 Å². The fourth-order valence-electron chi connectivity index (χ4n) is 2.81. The molecule has 0 radical (unpaired) electrons. The third-order valence-corrected chi connectivity index (χ3v) is 5.32. The number of thiophene rings is 1. The minimum atomic E-state index is -0.302. The van der Waals surface area contributed by atoms with E-state index in [0.29, 0.717) is 17.2 Å². The van der Waals surface area contributed by atoms with E-state index < -0.39 is 0 Å². The van der Waals surface area contributed by atoms with Crippen molar-refractivity contribution in [1.82, 2.24) is 0 Å². The summed E-state index contributed by atoms with van der Waals surface area (Å²) >= 11 is 1.50. The number of hydrogen-bond donors (Lipinski definition) is 0. The van der Waals surface area contributed by atoms with E-state index in [0.717, 1.165) is 35.1 Å². The third kappa shape index (κ3) is 2.66. The first kappa shape index (κ1) is 14.5. The van der Waals surface area contributed by atoms with E-state index in [2.05, 4.69) is 0 Å². The first-order valence-corrected chi connectivity index (χ1v) is 8.37. The molecule has 0 N–H and O–H groups in total. The Morgan fingerprint density at radius 1 is 1.35 bits per heavy atom. The first-order valence-electron chi connectivity index (χ1n) is 7.56. The fourth-order valence-corrected chi connectivity index (χ4v) is 3.86. The van der Waals surface area contributed by atoms with Gasteiger partial charge in [0.1, 0.15) is 22.8 Å². The SMILES string of the molecule is Cc1c(COC(=O)c2cc3c(s2)CCOC3)oc2ccccc12. The van der Waals surface area contributed by atoms with Crippen LogP contribution in [0.1, 0.15) is 31.4 Å². The second-order valence-corrected chi connectivity index (χ2v) is 6.72. The van der Waals surface area contributed by atoms with E-state index in [4.69, 9.17) is 13.9 Å². The zero-order chi connectivity index (χ0) is 15.8. The summed E-state index contributed by atoms with van der Waals surface area (Å²) in [5.41, 5.74) is 2.94. The summed E-state index contributed by atoms with van der Waals surface area (Å²) in [6, 6.07) is 9.71. The lowest BCUT2D eigenvalue weighted by Crippen LogP contribution is -2.05. The van der Waals surface area contributed by atoms with Gasteiger partial charge in [0.25, 0.3) is 0 Å². The molecule has 0 fully saturated rings. The fraction of sp³-hybridized carbons (Fsp3) is 0.278. The Morgan fingerprint density at radius 3 is 3.04 bits per heavy atom. The van der Waals surface area contributed by atoms with E-state index in [-0.39, 0.29) is 12.6 Å².